The highest BCUT2D eigenvalue weighted by atomic mass is 15.1. The third-order valence-corrected chi connectivity index (χ3v) is 10.6. The van der Waals surface area contributed by atoms with Crippen molar-refractivity contribution in [3.05, 3.63) is 132 Å². The Hall–Kier alpha value is -5.22. The molecule has 0 saturated carbocycles. The van der Waals surface area contributed by atoms with Crippen LogP contribution in [0.1, 0.15) is 49.9 Å². The highest BCUT2D eigenvalue weighted by Gasteiger charge is 2.37. The Morgan fingerprint density at radius 2 is 1.11 bits per heavy atom. The molecule has 10 rings (SSSR count). The molecular formula is C40H30N4. The molecule has 44 heavy (non-hydrogen) atoms. The molecule has 0 N–H and O–H groups in total. The van der Waals surface area contributed by atoms with E-state index in [4.69, 9.17) is 9.97 Å². The van der Waals surface area contributed by atoms with Crippen LogP contribution in [0.4, 0.5) is 0 Å². The smallest absolute Gasteiger partial charge is 0.145 e. The quantitative estimate of drug-likeness (QED) is 0.198. The van der Waals surface area contributed by atoms with Crippen LogP contribution >= 0.6 is 0 Å². The van der Waals surface area contributed by atoms with Crippen LogP contribution in [0, 0.1) is 0 Å². The molecule has 0 unspecified atom stereocenters. The first-order chi connectivity index (χ1) is 21.4. The lowest BCUT2D eigenvalue weighted by Gasteiger charge is -2.35. The molecule has 4 aromatic carbocycles. The summed E-state index contributed by atoms with van der Waals surface area (Å²) in [5.41, 5.74) is 13.4. The Kier molecular flexibility index (Phi) is 4.32. The first kappa shape index (κ1) is 24.2. The van der Waals surface area contributed by atoms with Gasteiger partial charge in [0.15, 0.2) is 0 Å². The Bertz CT molecular complexity index is 2560. The summed E-state index contributed by atoms with van der Waals surface area (Å²) in [6.07, 6.45) is 3.82. The summed E-state index contributed by atoms with van der Waals surface area (Å²) in [5, 5.41) is 5.02. The van der Waals surface area contributed by atoms with Gasteiger partial charge in [0.1, 0.15) is 11.5 Å². The van der Waals surface area contributed by atoms with E-state index in [1.165, 1.54) is 77.2 Å². The van der Waals surface area contributed by atoms with Gasteiger partial charge in [-0.05, 0) is 70.3 Å². The molecule has 4 nitrogen and oxygen atoms in total. The molecule has 8 aromatic rings. The fourth-order valence-corrected chi connectivity index (χ4v) is 8.37. The van der Waals surface area contributed by atoms with Crippen LogP contribution in [-0.2, 0) is 10.8 Å². The van der Waals surface area contributed by atoms with Gasteiger partial charge in [-0.2, -0.15) is 0 Å². The van der Waals surface area contributed by atoms with E-state index in [1.54, 1.807) is 0 Å². The van der Waals surface area contributed by atoms with Crippen LogP contribution in [0.15, 0.2) is 109 Å². The fourth-order valence-electron chi connectivity index (χ4n) is 8.37. The van der Waals surface area contributed by atoms with E-state index < -0.39 is 0 Å². The molecule has 2 aliphatic heterocycles. The number of rotatable bonds is 1. The third-order valence-electron chi connectivity index (χ3n) is 10.6. The second-order valence-electron chi connectivity index (χ2n) is 13.5. The van der Waals surface area contributed by atoms with Gasteiger partial charge in [0.05, 0.1) is 22.2 Å². The third kappa shape index (κ3) is 2.75. The lowest BCUT2D eigenvalue weighted by molar-refractivity contribution is 0.624. The van der Waals surface area contributed by atoms with Gasteiger partial charge in [0.2, 0.25) is 0 Å². The van der Waals surface area contributed by atoms with Crippen LogP contribution in [0.2, 0.25) is 0 Å². The second-order valence-corrected chi connectivity index (χ2v) is 13.5. The molecule has 0 radical (unpaired) electrons. The minimum absolute atomic E-state index is 0.125. The van der Waals surface area contributed by atoms with Crippen molar-refractivity contribution in [2.75, 3.05) is 0 Å². The van der Waals surface area contributed by atoms with Crippen LogP contribution in [0.3, 0.4) is 0 Å². The fraction of sp³-hybridized carbons (Fsp3) is 0.150. The van der Waals surface area contributed by atoms with E-state index in [2.05, 4.69) is 128 Å². The summed E-state index contributed by atoms with van der Waals surface area (Å²) in [5.74, 6) is 1.04. The van der Waals surface area contributed by atoms with Crippen molar-refractivity contribution in [2.24, 2.45) is 0 Å². The number of para-hydroxylation sites is 2. The number of hydrogen-bond donors (Lipinski definition) is 0. The van der Waals surface area contributed by atoms with Gasteiger partial charge in [-0.25, -0.2) is 9.97 Å². The van der Waals surface area contributed by atoms with Crippen LogP contribution < -0.4 is 0 Å². The highest BCUT2D eigenvalue weighted by molar-refractivity contribution is 6.13. The summed E-state index contributed by atoms with van der Waals surface area (Å²) in [7, 11) is 0. The molecular weight excluding hydrogens is 536 g/mol. The largest absolute Gasteiger partial charge is 0.293 e. The van der Waals surface area contributed by atoms with E-state index in [9.17, 15) is 0 Å². The van der Waals surface area contributed by atoms with Gasteiger partial charge in [0, 0.05) is 50.3 Å². The minimum atomic E-state index is -0.163. The maximum atomic E-state index is 4.91. The average Bonchev–Trinajstić information content (AvgIpc) is 3.56. The molecule has 4 heteroatoms. The first-order valence-electron chi connectivity index (χ1n) is 15.4. The number of fused-ring (bicyclic) bond motifs is 10. The number of aromatic nitrogens is 4. The summed E-state index contributed by atoms with van der Waals surface area (Å²) < 4.78 is 4.76. The summed E-state index contributed by atoms with van der Waals surface area (Å²) in [6.45, 7) is 9.36. The number of hydrogen-bond acceptors (Lipinski definition) is 2. The normalized spacial score (nSPS) is 15.6. The van der Waals surface area contributed by atoms with E-state index in [-0.39, 0.29) is 10.8 Å². The highest BCUT2D eigenvalue weighted by Crippen LogP contribution is 2.49. The Labute approximate surface area is 255 Å². The molecule has 4 aromatic heterocycles. The summed E-state index contributed by atoms with van der Waals surface area (Å²) in [6, 6.07) is 36.0. The Morgan fingerprint density at radius 3 is 1.93 bits per heavy atom. The molecule has 0 amide bonds. The topological polar surface area (TPSA) is 35.6 Å². The maximum Gasteiger partial charge on any atom is 0.145 e. The lowest BCUT2D eigenvalue weighted by Crippen LogP contribution is -2.26. The minimum Gasteiger partial charge on any atom is -0.293 e. The number of benzene rings is 4. The monoisotopic (exact) mass is 566 g/mol. The summed E-state index contributed by atoms with van der Waals surface area (Å²) >= 11 is 0. The van der Waals surface area contributed by atoms with Crippen molar-refractivity contribution in [1.82, 2.24) is 19.1 Å². The van der Waals surface area contributed by atoms with Crippen LogP contribution in [0.25, 0.3) is 66.4 Å². The van der Waals surface area contributed by atoms with E-state index in [1.807, 2.05) is 18.5 Å². The molecule has 210 valence electrons. The van der Waals surface area contributed by atoms with E-state index in [0.29, 0.717) is 0 Å². The number of pyridine rings is 2. The standard InChI is InChI=1S/C40H30N4/c1-39(2)29-12-6-10-26-28-21-23(15-17-33(28)43(36(26)29)38-31(39)14-8-20-42-38)24-16-18-34-32(22-24)40(3,4)30-13-5-9-25-27-11-7-19-41-37(27)44(34)35(25)30/h5-22H,1-4H3. The van der Waals surface area contributed by atoms with Crippen molar-refractivity contribution >= 4 is 43.7 Å². The van der Waals surface area contributed by atoms with Crippen LogP contribution in [-0.4, -0.2) is 19.1 Å². The van der Waals surface area contributed by atoms with Gasteiger partial charge >= 0.3 is 0 Å². The molecule has 6 heterocycles. The molecule has 0 spiro atoms. The zero-order chi connectivity index (χ0) is 29.5. The first-order valence-corrected chi connectivity index (χ1v) is 15.4. The van der Waals surface area contributed by atoms with Gasteiger partial charge in [-0.3, -0.25) is 9.13 Å². The van der Waals surface area contributed by atoms with Gasteiger partial charge in [-0.1, -0.05) is 82.3 Å². The van der Waals surface area contributed by atoms with Crippen molar-refractivity contribution in [2.45, 2.75) is 38.5 Å². The van der Waals surface area contributed by atoms with Crippen molar-refractivity contribution in [1.29, 1.82) is 0 Å². The van der Waals surface area contributed by atoms with Crippen molar-refractivity contribution in [3.63, 3.8) is 0 Å². The molecule has 0 atom stereocenters. The van der Waals surface area contributed by atoms with Crippen molar-refractivity contribution < 1.29 is 0 Å². The predicted octanol–water partition coefficient (Wildman–Crippen LogP) is 9.62. The molecule has 2 aliphatic rings. The van der Waals surface area contributed by atoms with Gasteiger partial charge in [0.25, 0.3) is 0 Å². The van der Waals surface area contributed by atoms with E-state index in [0.717, 1.165) is 11.5 Å². The van der Waals surface area contributed by atoms with Gasteiger partial charge < -0.3 is 0 Å². The van der Waals surface area contributed by atoms with Gasteiger partial charge in [-0.15, -0.1) is 0 Å². The van der Waals surface area contributed by atoms with Crippen molar-refractivity contribution in [3.8, 4) is 22.6 Å². The molecule has 0 saturated heterocycles. The van der Waals surface area contributed by atoms with E-state index >= 15 is 0 Å². The Morgan fingerprint density at radius 1 is 0.500 bits per heavy atom. The van der Waals surface area contributed by atoms with Crippen LogP contribution in [0.5, 0.6) is 0 Å². The number of nitrogens with zero attached hydrogens (tertiary/aromatic N) is 4. The molecule has 0 fully saturated rings. The molecule has 0 bridgehead atoms. The summed E-state index contributed by atoms with van der Waals surface area (Å²) in [4.78, 5) is 9.77. The predicted molar refractivity (Wildman–Crippen MR) is 180 cm³/mol. The second kappa shape index (κ2) is 7.83. The maximum absolute atomic E-state index is 4.91. The lowest BCUT2D eigenvalue weighted by atomic mass is 9.74. The SMILES string of the molecule is CC1(C)c2cccnc2-n2c3ccc(-c4ccc5c(c4)C(C)(C)c4cccc6c7cccnc7n-5c46)cc3c3cccc1c32. The average molecular weight is 567 g/mol. The Balaban J connectivity index is 1.23. The zero-order valence-electron chi connectivity index (χ0n) is 25.2. The zero-order valence-corrected chi connectivity index (χ0v) is 25.2. The molecule has 0 aliphatic carbocycles.